The van der Waals surface area contributed by atoms with Crippen LogP contribution in [0.25, 0.3) is 0 Å². The Bertz CT molecular complexity index is 586. The molecule has 2 rings (SSSR count). The fourth-order valence-electron chi connectivity index (χ4n) is 1.66. The molecule has 0 radical (unpaired) electrons. The summed E-state index contributed by atoms with van der Waals surface area (Å²) < 4.78 is 13.3. The SMILES string of the molecule is Cc1ncsc1CCNc1cccc(F)c1C#N. The van der Waals surface area contributed by atoms with Gasteiger partial charge in [-0.3, -0.25) is 0 Å². The van der Waals surface area contributed by atoms with Crippen molar-refractivity contribution in [2.24, 2.45) is 0 Å². The first-order valence-electron chi connectivity index (χ1n) is 5.54. The number of anilines is 1. The second-order valence-electron chi connectivity index (χ2n) is 3.81. The molecular weight excluding hydrogens is 249 g/mol. The summed E-state index contributed by atoms with van der Waals surface area (Å²) in [6.07, 6.45) is 0.817. The quantitative estimate of drug-likeness (QED) is 0.920. The van der Waals surface area contributed by atoms with Gasteiger partial charge in [0.2, 0.25) is 0 Å². The van der Waals surface area contributed by atoms with Crippen LogP contribution in [0.4, 0.5) is 10.1 Å². The highest BCUT2D eigenvalue weighted by Crippen LogP contribution is 2.18. The molecule has 0 atom stereocenters. The van der Waals surface area contributed by atoms with E-state index in [0.717, 1.165) is 12.1 Å². The van der Waals surface area contributed by atoms with Crippen LogP contribution in [-0.4, -0.2) is 11.5 Å². The van der Waals surface area contributed by atoms with Crippen molar-refractivity contribution in [1.29, 1.82) is 5.26 Å². The number of nitrogens with one attached hydrogen (secondary N) is 1. The summed E-state index contributed by atoms with van der Waals surface area (Å²) in [6, 6.07) is 6.46. The first-order chi connectivity index (χ1) is 8.72. The highest BCUT2D eigenvalue weighted by Gasteiger charge is 2.07. The number of rotatable bonds is 4. The molecule has 0 aliphatic rings. The van der Waals surface area contributed by atoms with Gasteiger partial charge in [0.1, 0.15) is 17.4 Å². The summed E-state index contributed by atoms with van der Waals surface area (Å²) in [5, 5.41) is 12.0. The van der Waals surface area contributed by atoms with Gasteiger partial charge >= 0.3 is 0 Å². The molecule has 0 unspecified atom stereocenters. The van der Waals surface area contributed by atoms with Gasteiger partial charge in [0.25, 0.3) is 0 Å². The average molecular weight is 261 g/mol. The van der Waals surface area contributed by atoms with Gasteiger partial charge in [-0.1, -0.05) is 6.07 Å². The van der Waals surface area contributed by atoms with E-state index in [-0.39, 0.29) is 5.56 Å². The molecule has 1 N–H and O–H groups in total. The van der Waals surface area contributed by atoms with Crippen molar-refractivity contribution in [3.05, 3.63) is 45.7 Å². The van der Waals surface area contributed by atoms with Crippen molar-refractivity contribution in [3.63, 3.8) is 0 Å². The summed E-state index contributed by atoms with van der Waals surface area (Å²) in [6.45, 7) is 2.62. The number of aryl methyl sites for hydroxylation is 1. The lowest BCUT2D eigenvalue weighted by molar-refractivity contribution is 0.624. The van der Waals surface area contributed by atoms with Gasteiger partial charge in [-0.15, -0.1) is 11.3 Å². The van der Waals surface area contributed by atoms with Gasteiger partial charge in [-0.05, 0) is 19.1 Å². The van der Waals surface area contributed by atoms with Crippen molar-refractivity contribution in [1.82, 2.24) is 4.98 Å². The van der Waals surface area contributed by atoms with Crippen LogP contribution in [0.5, 0.6) is 0 Å². The molecule has 92 valence electrons. The summed E-state index contributed by atoms with van der Waals surface area (Å²) in [4.78, 5) is 5.37. The molecule has 18 heavy (non-hydrogen) atoms. The third kappa shape index (κ3) is 2.66. The lowest BCUT2D eigenvalue weighted by Gasteiger charge is -2.07. The van der Waals surface area contributed by atoms with Crippen LogP contribution < -0.4 is 5.32 Å². The standard InChI is InChI=1S/C13H12FN3S/c1-9-13(18-8-17-9)5-6-16-12-4-2-3-11(14)10(12)7-15/h2-4,8,16H,5-6H2,1H3. The number of nitriles is 1. The number of aromatic nitrogens is 1. The van der Waals surface area contributed by atoms with E-state index in [1.165, 1.54) is 10.9 Å². The van der Waals surface area contributed by atoms with E-state index in [1.807, 2.05) is 18.5 Å². The number of thiazole rings is 1. The fourth-order valence-corrected chi connectivity index (χ4v) is 2.44. The van der Waals surface area contributed by atoms with E-state index in [2.05, 4.69) is 10.3 Å². The summed E-state index contributed by atoms with van der Waals surface area (Å²) >= 11 is 1.61. The van der Waals surface area contributed by atoms with Crippen molar-refractivity contribution in [2.75, 3.05) is 11.9 Å². The smallest absolute Gasteiger partial charge is 0.143 e. The van der Waals surface area contributed by atoms with Crippen LogP contribution in [-0.2, 0) is 6.42 Å². The molecule has 0 amide bonds. The van der Waals surface area contributed by atoms with Crippen LogP contribution >= 0.6 is 11.3 Å². The van der Waals surface area contributed by atoms with Gasteiger partial charge < -0.3 is 5.32 Å². The molecule has 5 heteroatoms. The molecule has 1 aromatic heterocycles. The van der Waals surface area contributed by atoms with E-state index in [0.29, 0.717) is 12.2 Å². The van der Waals surface area contributed by atoms with Crippen molar-refractivity contribution >= 4 is 17.0 Å². The van der Waals surface area contributed by atoms with E-state index in [4.69, 9.17) is 5.26 Å². The lowest BCUT2D eigenvalue weighted by Crippen LogP contribution is -2.06. The highest BCUT2D eigenvalue weighted by molar-refractivity contribution is 7.09. The average Bonchev–Trinajstić information content (AvgIpc) is 2.75. The molecule has 0 aliphatic carbocycles. The number of hydrogen-bond donors (Lipinski definition) is 1. The summed E-state index contributed by atoms with van der Waals surface area (Å²) in [5.74, 6) is -0.489. The minimum atomic E-state index is -0.489. The molecule has 0 spiro atoms. The minimum Gasteiger partial charge on any atom is -0.384 e. The van der Waals surface area contributed by atoms with E-state index in [9.17, 15) is 4.39 Å². The first-order valence-corrected chi connectivity index (χ1v) is 6.41. The van der Waals surface area contributed by atoms with Gasteiger partial charge in [-0.2, -0.15) is 5.26 Å². The Labute approximate surface area is 109 Å². The molecule has 1 aromatic carbocycles. The highest BCUT2D eigenvalue weighted by atomic mass is 32.1. The third-order valence-corrected chi connectivity index (χ3v) is 3.63. The van der Waals surface area contributed by atoms with E-state index < -0.39 is 5.82 Å². The molecule has 0 aliphatic heterocycles. The van der Waals surface area contributed by atoms with E-state index in [1.54, 1.807) is 23.5 Å². The molecule has 3 nitrogen and oxygen atoms in total. The van der Waals surface area contributed by atoms with Crippen LogP contribution in [0, 0.1) is 24.1 Å². The Morgan fingerprint density at radius 2 is 2.33 bits per heavy atom. The maximum absolute atomic E-state index is 13.3. The number of nitrogens with zero attached hydrogens (tertiary/aromatic N) is 2. The predicted molar refractivity (Wildman–Crippen MR) is 70.2 cm³/mol. The van der Waals surface area contributed by atoms with E-state index >= 15 is 0 Å². The lowest BCUT2D eigenvalue weighted by atomic mass is 10.2. The van der Waals surface area contributed by atoms with Gasteiger partial charge in [0, 0.05) is 17.8 Å². The van der Waals surface area contributed by atoms with Gasteiger partial charge in [0.15, 0.2) is 0 Å². The van der Waals surface area contributed by atoms with Crippen LogP contribution in [0.15, 0.2) is 23.7 Å². The Hall–Kier alpha value is -1.93. The van der Waals surface area contributed by atoms with Gasteiger partial charge in [0.05, 0.1) is 16.9 Å². The van der Waals surface area contributed by atoms with Crippen LogP contribution in [0.1, 0.15) is 16.1 Å². The zero-order valence-corrected chi connectivity index (χ0v) is 10.7. The van der Waals surface area contributed by atoms with Crippen molar-refractivity contribution < 1.29 is 4.39 Å². The minimum absolute atomic E-state index is 0.0681. The molecular formula is C13H12FN3S. The molecule has 0 fully saturated rings. The zero-order valence-electron chi connectivity index (χ0n) is 9.90. The second-order valence-corrected chi connectivity index (χ2v) is 4.75. The summed E-state index contributed by atoms with van der Waals surface area (Å²) in [7, 11) is 0. The largest absolute Gasteiger partial charge is 0.384 e. The molecule has 2 aromatic rings. The molecule has 0 saturated heterocycles. The van der Waals surface area contributed by atoms with Crippen molar-refractivity contribution in [3.8, 4) is 6.07 Å². The topological polar surface area (TPSA) is 48.7 Å². The van der Waals surface area contributed by atoms with Crippen LogP contribution in [0.2, 0.25) is 0 Å². The number of benzene rings is 1. The number of hydrogen-bond acceptors (Lipinski definition) is 4. The number of halogens is 1. The first kappa shape index (κ1) is 12.5. The maximum atomic E-state index is 13.3. The monoisotopic (exact) mass is 261 g/mol. The Kier molecular flexibility index (Phi) is 3.90. The van der Waals surface area contributed by atoms with Gasteiger partial charge in [-0.25, -0.2) is 9.37 Å². The molecule has 0 saturated carbocycles. The maximum Gasteiger partial charge on any atom is 0.143 e. The predicted octanol–water partition coefficient (Wildman–Crippen LogP) is 3.12. The fraction of sp³-hybridized carbons (Fsp3) is 0.231. The molecule has 1 heterocycles. The zero-order chi connectivity index (χ0) is 13.0. The second kappa shape index (κ2) is 5.61. The van der Waals surface area contributed by atoms with Crippen molar-refractivity contribution in [2.45, 2.75) is 13.3 Å². The Balaban J connectivity index is 2.01. The summed E-state index contributed by atoms with van der Waals surface area (Å²) in [5.41, 5.74) is 3.45. The Morgan fingerprint density at radius 1 is 1.50 bits per heavy atom. The van der Waals surface area contributed by atoms with Crippen LogP contribution in [0.3, 0.4) is 0 Å². The normalized spacial score (nSPS) is 10.1. The third-order valence-electron chi connectivity index (χ3n) is 2.64. The Morgan fingerprint density at radius 3 is 3.00 bits per heavy atom. The molecule has 0 bridgehead atoms.